The van der Waals surface area contributed by atoms with Crippen molar-refractivity contribution in [2.45, 2.75) is 26.3 Å². The number of hydrogen-bond acceptors (Lipinski definition) is 5. The molecule has 1 rings (SSSR count). The van der Waals surface area contributed by atoms with E-state index in [0.717, 1.165) is 0 Å². The molecule has 0 unspecified atom stereocenters. The zero-order chi connectivity index (χ0) is 12.1. The number of anilines is 1. The molecule has 0 aromatic carbocycles. The van der Waals surface area contributed by atoms with Crippen LogP contribution in [0.2, 0.25) is 0 Å². The molecule has 1 heterocycles. The molecule has 16 heavy (non-hydrogen) atoms. The Morgan fingerprint density at radius 3 is 2.88 bits per heavy atom. The Hall–Kier alpha value is -1.69. The fraction of sp³-hybridized carbons (Fsp3) is 0.500. The van der Waals surface area contributed by atoms with E-state index in [0.29, 0.717) is 18.0 Å². The van der Waals surface area contributed by atoms with Gasteiger partial charge in [-0.1, -0.05) is 6.92 Å². The summed E-state index contributed by atoms with van der Waals surface area (Å²) in [5.74, 6) is 0.328. The molecule has 0 saturated carbocycles. The lowest BCUT2D eigenvalue weighted by atomic mass is 10.2. The maximum Gasteiger partial charge on any atom is 0.243 e. The minimum Gasteiger partial charge on any atom is -0.481 e. The number of hydrogen-bond donors (Lipinski definition) is 2. The number of nitrogens with one attached hydrogen (secondary N) is 1. The Bertz CT molecular complexity index is 381. The van der Waals surface area contributed by atoms with Crippen LogP contribution in [0.3, 0.4) is 0 Å². The minimum atomic E-state index is -0.546. The predicted molar refractivity (Wildman–Crippen MR) is 60.2 cm³/mol. The van der Waals surface area contributed by atoms with Crippen molar-refractivity contribution in [1.29, 1.82) is 0 Å². The molecule has 0 spiro atoms. The molecule has 1 aromatic rings. The molecule has 1 amide bonds. The molecule has 0 aliphatic carbocycles. The predicted octanol–water partition coefficient (Wildman–Crippen LogP) is 0.469. The molecule has 0 saturated heterocycles. The third-order valence-electron chi connectivity index (χ3n) is 2.05. The van der Waals surface area contributed by atoms with E-state index in [1.165, 1.54) is 7.11 Å². The van der Waals surface area contributed by atoms with E-state index in [1.54, 1.807) is 13.0 Å². The van der Waals surface area contributed by atoms with Crippen LogP contribution in [0, 0.1) is 6.92 Å². The van der Waals surface area contributed by atoms with Crippen molar-refractivity contribution in [2.24, 2.45) is 5.73 Å². The maximum absolute atomic E-state index is 11.5. The Balaban J connectivity index is 2.81. The van der Waals surface area contributed by atoms with Crippen molar-refractivity contribution >= 4 is 11.9 Å². The van der Waals surface area contributed by atoms with Gasteiger partial charge in [-0.25, -0.2) is 4.98 Å². The summed E-state index contributed by atoms with van der Waals surface area (Å²) in [6, 6.07) is 1.13. The molecule has 6 heteroatoms. The average molecular weight is 224 g/mol. The van der Waals surface area contributed by atoms with E-state index < -0.39 is 6.04 Å². The first kappa shape index (κ1) is 12.4. The molecule has 1 aromatic heterocycles. The monoisotopic (exact) mass is 224 g/mol. The van der Waals surface area contributed by atoms with Crippen LogP contribution >= 0.6 is 0 Å². The Morgan fingerprint density at radius 1 is 1.62 bits per heavy atom. The van der Waals surface area contributed by atoms with Gasteiger partial charge in [0.1, 0.15) is 0 Å². The first-order valence-electron chi connectivity index (χ1n) is 5.03. The summed E-state index contributed by atoms with van der Waals surface area (Å²) in [7, 11) is 1.51. The number of ether oxygens (including phenoxy) is 1. The highest BCUT2D eigenvalue weighted by Gasteiger charge is 2.13. The highest BCUT2D eigenvalue weighted by atomic mass is 16.5. The fourth-order valence-electron chi connectivity index (χ4n) is 1.09. The first-order chi connectivity index (χ1) is 7.56. The largest absolute Gasteiger partial charge is 0.481 e. The summed E-state index contributed by atoms with van der Waals surface area (Å²) in [4.78, 5) is 19.5. The number of amides is 1. The number of carbonyl (C=O) groups is 1. The van der Waals surface area contributed by atoms with E-state index in [4.69, 9.17) is 10.5 Å². The smallest absolute Gasteiger partial charge is 0.243 e. The van der Waals surface area contributed by atoms with Gasteiger partial charge in [0.05, 0.1) is 13.2 Å². The van der Waals surface area contributed by atoms with Gasteiger partial charge in [0.15, 0.2) is 0 Å². The van der Waals surface area contributed by atoms with Gasteiger partial charge in [-0.3, -0.25) is 10.1 Å². The topological polar surface area (TPSA) is 90.1 Å². The van der Waals surface area contributed by atoms with Crippen molar-refractivity contribution in [2.75, 3.05) is 12.4 Å². The van der Waals surface area contributed by atoms with Gasteiger partial charge < -0.3 is 10.5 Å². The summed E-state index contributed by atoms with van der Waals surface area (Å²) in [6.45, 7) is 3.63. The van der Waals surface area contributed by atoms with Crippen LogP contribution in [0.1, 0.15) is 19.0 Å². The van der Waals surface area contributed by atoms with Crippen LogP contribution in [0.5, 0.6) is 5.88 Å². The molecule has 3 N–H and O–H groups in total. The van der Waals surface area contributed by atoms with Crippen LogP contribution in [0.25, 0.3) is 0 Å². The van der Waals surface area contributed by atoms with Crippen LogP contribution in [-0.2, 0) is 4.79 Å². The average Bonchev–Trinajstić information content (AvgIpc) is 2.26. The van der Waals surface area contributed by atoms with Crippen molar-refractivity contribution in [3.8, 4) is 5.88 Å². The normalized spacial score (nSPS) is 12.0. The molecule has 0 aliphatic rings. The summed E-state index contributed by atoms with van der Waals surface area (Å²) < 4.78 is 4.97. The zero-order valence-electron chi connectivity index (χ0n) is 9.65. The molecule has 0 aliphatic heterocycles. The van der Waals surface area contributed by atoms with Crippen molar-refractivity contribution in [1.82, 2.24) is 9.97 Å². The Kier molecular flexibility index (Phi) is 4.19. The number of nitrogens with zero attached hydrogens (tertiary/aromatic N) is 2. The lowest BCUT2D eigenvalue weighted by Gasteiger charge is -2.09. The van der Waals surface area contributed by atoms with Crippen LogP contribution < -0.4 is 15.8 Å². The first-order valence-corrected chi connectivity index (χ1v) is 5.03. The van der Waals surface area contributed by atoms with Gasteiger partial charge in [0.2, 0.25) is 17.7 Å². The number of carbonyl (C=O) groups excluding carboxylic acids is 1. The van der Waals surface area contributed by atoms with Crippen LogP contribution in [0.4, 0.5) is 5.95 Å². The van der Waals surface area contributed by atoms with Gasteiger partial charge in [0.25, 0.3) is 0 Å². The molecule has 1 atom stereocenters. The van der Waals surface area contributed by atoms with Crippen molar-refractivity contribution in [3.05, 3.63) is 11.8 Å². The second-order valence-electron chi connectivity index (χ2n) is 3.38. The van der Waals surface area contributed by atoms with E-state index in [9.17, 15) is 4.79 Å². The fourth-order valence-corrected chi connectivity index (χ4v) is 1.09. The third kappa shape index (κ3) is 3.16. The molecular formula is C10H16N4O2. The maximum atomic E-state index is 11.5. The van der Waals surface area contributed by atoms with Crippen LogP contribution in [0.15, 0.2) is 6.07 Å². The van der Waals surface area contributed by atoms with Gasteiger partial charge in [-0.2, -0.15) is 4.98 Å². The van der Waals surface area contributed by atoms with Crippen molar-refractivity contribution in [3.63, 3.8) is 0 Å². The number of nitrogens with two attached hydrogens (primary N) is 1. The molecule has 0 radical (unpaired) electrons. The highest BCUT2D eigenvalue weighted by molar-refractivity contribution is 5.93. The van der Waals surface area contributed by atoms with E-state index in [-0.39, 0.29) is 11.9 Å². The van der Waals surface area contributed by atoms with E-state index in [1.807, 2.05) is 6.92 Å². The second-order valence-corrected chi connectivity index (χ2v) is 3.38. The minimum absolute atomic E-state index is 0.214. The molecule has 0 fully saturated rings. The number of aromatic nitrogens is 2. The number of rotatable bonds is 4. The third-order valence-corrected chi connectivity index (χ3v) is 2.05. The van der Waals surface area contributed by atoms with Gasteiger partial charge >= 0.3 is 0 Å². The van der Waals surface area contributed by atoms with E-state index in [2.05, 4.69) is 15.3 Å². The number of methoxy groups -OCH3 is 1. The van der Waals surface area contributed by atoms with E-state index >= 15 is 0 Å². The lowest BCUT2D eigenvalue weighted by molar-refractivity contribution is -0.117. The van der Waals surface area contributed by atoms with Crippen LogP contribution in [-0.4, -0.2) is 29.0 Å². The molecule has 88 valence electrons. The summed E-state index contributed by atoms with van der Waals surface area (Å²) in [5.41, 5.74) is 6.29. The molecular weight excluding hydrogens is 208 g/mol. The lowest BCUT2D eigenvalue weighted by Crippen LogP contribution is -2.35. The summed E-state index contributed by atoms with van der Waals surface area (Å²) >= 11 is 0. The molecule has 0 bridgehead atoms. The molecule has 6 nitrogen and oxygen atoms in total. The Morgan fingerprint density at radius 2 is 2.31 bits per heavy atom. The number of aryl methyl sites for hydroxylation is 1. The second kappa shape index (κ2) is 5.41. The summed E-state index contributed by atoms with van der Waals surface area (Å²) in [5, 5.41) is 2.54. The Labute approximate surface area is 94.2 Å². The van der Waals surface area contributed by atoms with Crippen molar-refractivity contribution < 1.29 is 9.53 Å². The quantitative estimate of drug-likeness (QED) is 0.775. The SMILES string of the molecule is CC[C@@H](N)C(=O)Nc1nc(C)cc(OC)n1. The van der Waals surface area contributed by atoms with Gasteiger partial charge in [-0.05, 0) is 13.3 Å². The highest BCUT2D eigenvalue weighted by Crippen LogP contribution is 2.11. The van der Waals surface area contributed by atoms with Gasteiger partial charge in [0, 0.05) is 11.8 Å². The summed E-state index contributed by atoms with van der Waals surface area (Å²) in [6.07, 6.45) is 0.564. The zero-order valence-corrected chi connectivity index (χ0v) is 9.65. The van der Waals surface area contributed by atoms with Gasteiger partial charge in [-0.15, -0.1) is 0 Å². The standard InChI is InChI=1S/C10H16N4O2/c1-4-7(11)9(15)14-10-12-6(2)5-8(13-10)16-3/h5,7H,4,11H2,1-3H3,(H,12,13,14,15)/t7-/m1/s1.